The van der Waals surface area contributed by atoms with Crippen LogP contribution in [0.4, 0.5) is 0 Å². The van der Waals surface area contributed by atoms with Crippen molar-refractivity contribution < 1.29 is 4.42 Å². The molecule has 2 aliphatic rings. The normalized spacial score (nSPS) is 13.2. The van der Waals surface area contributed by atoms with Gasteiger partial charge in [0.25, 0.3) is 0 Å². The number of hydrogen-bond donors (Lipinski definition) is 0. The van der Waals surface area contributed by atoms with Gasteiger partial charge in [-0.3, -0.25) is 4.99 Å². The zero-order valence-electron chi connectivity index (χ0n) is 29.1. The summed E-state index contributed by atoms with van der Waals surface area (Å²) in [7, 11) is 3.85. The van der Waals surface area contributed by atoms with Crippen LogP contribution in [0.2, 0.25) is 0 Å². The van der Waals surface area contributed by atoms with Crippen LogP contribution in [0.5, 0.6) is 0 Å². The topological polar surface area (TPSA) is 150 Å². The van der Waals surface area contributed by atoms with Crippen molar-refractivity contribution in [3.05, 3.63) is 48.1 Å². The molecule has 5 rings (SSSR count). The molecule has 0 aromatic carbocycles. The number of aliphatic imine (C=N–C) groups is 1. The van der Waals surface area contributed by atoms with Crippen molar-refractivity contribution >= 4 is 11.4 Å². The number of aromatic nitrogens is 8. The van der Waals surface area contributed by atoms with E-state index in [9.17, 15) is 0 Å². The molecule has 2 aliphatic heterocycles. The van der Waals surface area contributed by atoms with E-state index in [1.54, 1.807) is 17.1 Å². The van der Waals surface area contributed by atoms with E-state index in [1.807, 2.05) is 45.6 Å². The first kappa shape index (κ1) is 38.1. The average Bonchev–Trinajstić information content (AvgIpc) is 3.79. The Morgan fingerprint density at radius 3 is 1.80 bits per heavy atom. The quantitative estimate of drug-likeness (QED) is 0.294. The summed E-state index contributed by atoms with van der Waals surface area (Å²) in [4.78, 5) is 8.12. The van der Waals surface area contributed by atoms with Crippen LogP contribution < -0.4 is 0 Å². The highest BCUT2D eigenvalue weighted by atomic mass is 16.3. The molecule has 0 unspecified atom stereocenters. The van der Waals surface area contributed by atoms with Gasteiger partial charge in [-0.2, -0.15) is 5.11 Å². The van der Waals surface area contributed by atoms with E-state index in [-0.39, 0.29) is 0 Å². The molecule has 0 saturated carbocycles. The minimum absolute atomic E-state index is 0.407. The third-order valence-electron chi connectivity index (χ3n) is 6.36. The second kappa shape index (κ2) is 20.1. The summed E-state index contributed by atoms with van der Waals surface area (Å²) in [6, 6.07) is 0. The van der Waals surface area contributed by atoms with Crippen LogP contribution in [0, 0.1) is 24.7 Å². The van der Waals surface area contributed by atoms with Gasteiger partial charge < -0.3 is 8.98 Å². The molecule has 0 spiro atoms. The van der Waals surface area contributed by atoms with Gasteiger partial charge in [-0.1, -0.05) is 75.3 Å². The molecular formula is C31H54N12O. The molecule has 0 atom stereocenters. The zero-order chi connectivity index (χ0) is 33.2. The summed E-state index contributed by atoms with van der Waals surface area (Å²) < 4.78 is 8.71. The van der Waals surface area contributed by atoms with Crippen molar-refractivity contribution in [1.82, 2.24) is 40.0 Å². The molecule has 13 nitrogen and oxygen atoms in total. The van der Waals surface area contributed by atoms with E-state index in [1.165, 1.54) is 5.71 Å². The molecular weight excluding hydrogens is 556 g/mol. The van der Waals surface area contributed by atoms with Crippen LogP contribution in [0.15, 0.2) is 49.6 Å². The summed E-state index contributed by atoms with van der Waals surface area (Å²) in [6.07, 6.45) is 9.25. The Bertz CT molecular complexity index is 1280. The number of allylic oxidation sites excluding steroid dienone is 1. The number of aryl methyl sites for hydroxylation is 2. The van der Waals surface area contributed by atoms with Gasteiger partial charge in [-0.25, -0.2) is 9.67 Å². The Kier molecular flexibility index (Phi) is 17.4. The molecule has 0 saturated heterocycles. The number of hydrogen-bond acceptors (Lipinski definition) is 11. The van der Waals surface area contributed by atoms with Gasteiger partial charge in [0, 0.05) is 50.7 Å². The fraction of sp³-hybridized carbons (Fsp3) is 0.677. The number of tetrazole rings is 1. The highest BCUT2D eigenvalue weighted by Crippen LogP contribution is 2.11. The molecule has 0 N–H and O–H groups in total. The molecule has 0 bridgehead atoms. The Hall–Kier alpha value is -3.90. The SMILES string of the molecule is CC(C)C1=NC=CC1.CC(C)C1=NN=NC1.CC(C)Cc1nnnn1C.CC(C)c1ncco1.Cc1nnc(C(C)C)n1C. The summed E-state index contributed by atoms with van der Waals surface area (Å²) >= 11 is 0. The van der Waals surface area contributed by atoms with Gasteiger partial charge in [-0.15, -0.1) is 20.4 Å². The smallest absolute Gasteiger partial charge is 0.196 e. The van der Waals surface area contributed by atoms with Crippen molar-refractivity contribution in [3.63, 3.8) is 0 Å². The van der Waals surface area contributed by atoms with E-state index < -0.39 is 0 Å². The Morgan fingerprint density at radius 2 is 1.52 bits per heavy atom. The van der Waals surface area contributed by atoms with E-state index in [0.29, 0.717) is 36.1 Å². The Labute approximate surface area is 263 Å². The Balaban J connectivity index is 0.000000276. The molecule has 13 heteroatoms. The predicted molar refractivity (Wildman–Crippen MR) is 176 cm³/mol. The van der Waals surface area contributed by atoms with Crippen molar-refractivity contribution in [2.75, 3.05) is 6.54 Å². The number of nitrogens with zero attached hydrogens (tertiary/aromatic N) is 12. The van der Waals surface area contributed by atoms with Crippen LogP contribution in [0.3, 0.4) is 0 Å². The highest BCUT2D eigenvalue weighted by Gasteiger charge is 2.08. The van der Waals surface area contributed by atoms with Crippen molar-refractivity contribution in [2.24, 2.45) is 52.3 Å². The zero-order valence-corrected chi connectivity index (χ0v) is 29.1. The van der Waals surface area contributed by atoms with Gasteiger partial charge in [-0.05, 0) is 40.3 Å². The maximum atomic E-state index is 4.98. The summed E-state index contributed by atoms with van der Waals surface area (Å²) in [6.45, 7) is 23.8. The molecule has 44 heavy (non-hydrogen) atoms. The lowest BCUT2D eigenvalue weighted by Crippen LogP contribution is -2.07. The standard InChI is InChI=1S/C7H13N3.C7H11N.C6H12N4.C6H9NO.C5H9N3/c1-5(2)7-9-8-6(3)10(7)4;1-6(2)7-4-3-5-8-7;1-5(2)4-6-7-8-9-10(6)3;1-5(2)6-7-3-4-8-6;1-4(2)5-3-6-8-7-5/h5H,1-4H3;3,5-6H,4H2,1-2H3;5H,4H2,1-3H3;3-5H,1-2H3;4H,3H2,1-2H3. The van der Waals surface area contributed by atoms with Gasteiger partial charge in [0.15, 0.2) is 11.7 Å². The molecule has 244 valence electrons. The summed E-state index contributed by atoms with van der Waals surface area (Å²) in [5, 5.41) is 30.1. The predicted octanol–water partition coefficient (Wildman–Crippen LogP) is 6.92. The lowest BCUT2D eigenvalue weighted by atomic mass is 10.1. The van der Waals surface area contributed by atoms with Gasteiger partial charge in [0.2, 0.25) is 0 Å². The fourth-order valence-electron chi connectivity index (χ4n) is 3.51. The van der Waals surface area contributed by atoms with Gasteiger partial charge in [0.05, 0.1) is 11.9 Å². The first-order valence-corrected chi connectivity index (χ1v) is 15.4. The van der Waals surface area contributed by atoms with Crippen molar-refractivity contribution in [2.45, 2.75) is 101 Å². The van der Waals surface area contributed by atoms with Crippen LogP contribution in [-0.2, 0) is 20.5 Å². The first-order chi connectivity index (χ1) is 20.7. The molecule has 0 aliphatic carbocycles. The van der Waals surface area contributed by atoms with E-state index in [0.717, 1.165) is 41.9 Å². The first-order valence-electron chi connectivity index (χ1n) is 15.4. The maximum absolute atomic E-state index is 4.98. The van der Waals surface area contributed by atoms with Crippen LogP contribution in [-0.4, -0.2) is 57.9 Å². The monoisotopic (exact) mass is 610 g/mol. The second-order valence-corrected chi connectivity index (χ2v) is 12.2. The minimum atomic E-state index is 0.407. The van der Waals surface area contributed by atoms with E-state index in [2.05, 4.69) is 113 Å². The molecule has 3 aromatic heterocycles. The van der Waals surface area contributed by atoms with E-state index in [4.69, 9.17) is 4.42 Å². The summed E-state index contributed by atoms with van der Waals surface area (Å²) in [5.74, 6) is 6.41. The molecule has 0 fully saturated rings. The second-order valence-electron chi connectivity index (χ2n) is 12.2. The van der Waals surface area contributed by atoms with Crippen LogP contribution in [0.25, 0.3) is 0 Å². The number of oxazole rings is 1. The summed E-state index contributed by atoms with van der Waals surface area (Å²) in [5.41, 5.74) is 2.40. The van der Waals surface area contributed by atoms with Gasteiger partial charge >= 0.3 is 0 Å². The lowest BCUT2D eigenvalue weighted by molar-refractivity contribution is 0.471. The number of rotatable bonds is 6. The minimum Gasteiger partial charge on any atom is -0.449 e. The molecule has 0 radical (unpaired) electrons. The Morgan fingerprint density at radius 1 is 0.841 bits per heavy atom. The lowest BCUT2D eigenvalue weighted by Gasteiger charge is -2.02. The molecule has 5 heterocycles. The van der Waals surface area contributed by atoms with Crippen molar-refractivity contribution in [1.29, 1.82) is 0 Å². The fourth-order valence-corrected chi connectivity index (χ4v) is 3.51. The highest BCUT2D eigenvalue weighted by molar-refractivity contribution is 5.89. The van der Waals surface area contributed by atoms with Crippen LogP contribution >= 0.6 is 0 Å². The van der Waals surface area contributed by atoms with Crippen molar-refractivity contribution in [3.8, 4) is 0 Å². The largest absolute Gasteiger partial charge is 0.449 e. The third-order valence-corrected chi connectivity index (χ3v) is 6.36. The average molecular weight is 611 g/mol. The maximum Gasteiger partial charge on any atom is 0.196 e. The van der Waals surface area contributed by atoms with Gasteiger partial charge in [0.1, 0.15) is 24.5 Å². The third kappa shape index (κ3) is 14.5. The molecule has 0 amide bonds. The van der Waals surface area contributed by atoms with Crippen LogP contribution in [0.1, 0.15) is 111 Å². The van der Waals surface area contributed by atoms with E-state index >= 15 is 0 Å². The molecule has 3 aromatic rings.